The molecular weight excluding hydrogens is 601 g/mol. The highest BCUT2D eigenvalue weighted by molar-refractivity contribution is 5.40. The number of allylic oxidation sites excluding steroid dienone is 15. The average molecular weight is 671 g/mol. The van der Waals surface area contributed by atoms with Crippen LogP contribution in [0.4, 0.5) is 0 Å². The minimum Gasteiger partial charge on any atom is -0.508 e. The topological polar surface area (TPSA) is 60.7 Å². The molecule has 0 aromatic heterocycles. The van der Waals surface area contributed by atoms with Gasteiger partial charge < -0.3 is 15.3 Å². The number of benzene rings is 1. The Kier molecular flexibility index (Phi) is 23.7. The monoisotopic (exact) mass is 671 g/mol. The number of aliphatic hydroxyl groups is 1. The molecule has 1 rings (SSSR count). The fourth-order valence-electron chi connectivity index (χ4n) is 5.66. The van der Waals surface area contributed by atoms with Gasteiger partial charge >= 0.3 is 0 Å². The van der Waals surface area contributed by atoms with E-state index in [1.54, 1.807) is 6.07 Å². The number of aromatic hydroxyl groups is 2. The van der Waals surface area contributed by atoms with E-state index >= 15 is 0 Å². The van der Waals surface area contributed by atoms with Crippen molar-refractivity contribution < 1.29 is 15.3 Å². The molecule has 3 N–H and O–H groups in total. The maximum atomic E-state index is 9.96. The van der Waals surface area contributed by atoms with Crippen LogP contribution in [0.2, 0.25) is 0 Å². The van der Waals surface area contributed by atoms with Gasteiger partial charge in [-0.15, -0.1) is 0 Å². The Morgan fingerprint density at radius 2 is 0.837 bits per heavy atom. The second-order valence-electron chi connectivity index (χ2n) is 14.4. The SMILES string of the molecule is CC(C)=CCC/C(C)=C/CC/C(C)=C/CC/C(C)=C/CC/C(C)=C/CC/C(C)=C/CC/C(=C/CC/C(C)=C/Cc1cc(O)ccc1O)CO. The van der Waals surface area contributed by atoms with Crippen molar-refractivity contribution in [2.45, 2.75) is 152 Å². The number of hydrogen-bond acceptors (Lipinski definition) is 3. The predicted octanol–water partition coefficient (Wildman–Crippen LogP) is 13.7. The summed E-state index contributed by atoms with van der Waals surface area (Å²) in [6.45, 7) is 17.8. The van der Waals surface area contributed by atoms with Gasteiger partial charge in [0.05, 0.1) is 6.61 Å². The molecule has 272 valence electrons. The van der Waals surface area contributed by atoms with Gasteiger partial charge in [0.25, 0.3) is 0 Å². The van der Waals surface area contributed by atoms with Gasteiger partial charge in [0.2, 0.25) is 0 Å². The van der Waals surface area contributed by atoms with Gasteiger partial charge in [0, 0.05) is 5.56 Å². The summed E-state index contributed by atoms with van der Waals surface area (Å²) in [5.74, 6) is 0.373. The Morgan fingerprint density at radius 1 is 0.469 bits per heavy atom. The maximum absolute atomic E-state index is 9.96. The lowest BCUT2D eigenvalue weighted by atomic mass is 10.0. The molecule has 0 radical (unpaired) electrons. The molecule has 0 saturated carbocycles. The zero-order valence-corrected chi connectivity index (χ0v) is 32.5. The highest BCUT2D eigenvalue weighted by atomic mass is 16.3. The number of hydrogen-bond donors (Lipinski definition) is 3. The van der Waals surface area contributed by atoms with Crippen LogP contribution in [0.15, 0.2) is 111 Å². The molecule has 0 atom stereocenters. The van der Waals surface area contributed by atoms with Gasteiger partial charge in [-0.2, -0.15) is 0 Å². The fraction of sp³-hybridized carbons (Fsp3) is 0.522. The fourth-order valence-corrected chi connectivity index (χ4v) is 5.66. The Morgan fingerprint density at radius 3 is 1.24 bits per heavy atom. The Bertz CT molecular complexity index is 1350. The van der Waals surface area contributed by atoms with E-state index in [1.807, 2.05) is 0 Å². The highest BCUT2D eigenvalue weighted by Gasteiger charge is 2.02. The number of rotatable bonds is 24. The molecule has 49 heavy (non-hydrogen) atoms. The van der Waals surface area contributed by atoms with Gasteiger partial charge in [0.1, 0.15) is 11.5 Å². The van der Waals surface area contributed by atoms with E-state index in [1.165, 1.54) is 64.0 Å². The minimum atomic E-state index is 0.105. The number of phenolic OH excluding ortho intramolecular Hbond substituents is 2. The molecule has 1 aromatic carbocycles. The van der Waals surface area contributed by atoms with Crippen LogP contribution < -0.4 is 0 Å². The molecule has 0 aliphatic heterocycles. The van der Waals surface area contributed by atoms with E-state index in [0.717, 1.165) is 88.2 Å². The van der Waals surface area contributed by atoms with Crippen molar-refractivity contribution in [3.63, 3.8) is 0 Å². The van der Waals surface area contributed by atoms with Crippen molar-refractivity contribution in [1.29, 1.82) is 0 Å². The lowest BCUT2D eigenvalue weighted by Crippen LogP contribution is -1.91. The van der Waals surface area contributed by atoms with Crippen LogP contribution in [0.25, 0.3) is 0 Å². The molecule has 0 heterocycles. The van der Waals surface area contributed by atoms with E-state index in [2.05, 4.69) is 104 Å². The lowest BCUT2D eigenvalue weighted by molar-refractivity contribution is 0.326. The van der Waals surface area contributed by atoms with Gasteiger partial charge in [-0.25, -0.2) is 0 Å². The van der Waals surface area contributed by atoms with Crippen LogP contribution in [0.5, 0.6) is 11.5 Å². The van der Waals surface area contributed by atoms with Crippen LogP contribution in [0.1, 0.15) is 151 Å². The molecule has 1 aromatic rings. The first-order valence-corrected chi connectivity index (χ1v) is 18.8. The van der Waals surface area contributed by atoms with Gasteiger partial charge in [-0.05, 0) is 175 Å². The van der Waals surface area contributed by atoms with Crippen molar-refractivity contribution in [2.75, 3.05) is 6.61 Å². The summed E-state index contributed by atoms with van der Waals surface area (Å²) in [5.41, 5.74) is 11.9. The lowest BCUT2D eigenvalue weighted by Gasteiger charge is -2.06. The summed E-state index contributed by atoms with van der Waals surface area (Å²) in [4.78, 5) is 0. The third-order valence-electron chi connectivity index (χ3n) is 9.08. The van der Waals surface area contributed by atoms with Crippen molar-refractivity contribution in [3.8, 4) is 11.5 Å². The zero-order chi connectivity index (χ0) is 36.4. The van der Waals surface area contributed by atoms with E-state index in [4.69, 9.17) is 0 Å². The van der Waals surface area contributed by atoms with Crippen molar-refractivity contribution in [3.05, 3.63) is 117 Å². The summed E-state index contributed by atoms with van der Waals surface area (Å²) in [5, 5.41) is 29.4. The van der Waals surface area contributed by atoms with E-state index in [0.29, 0.717) is 6.42 Å². The summed E-state index contributed by atoms with van der Waals surface area (Å²) in [6.07, 6.45) is 34.2. The Labute approximate surface area is 301 Å². The van der Waals surface area contributed by atoms with Crippen LogP contribution in [0.3, 0.4) is 0 Å². The molecule has 0 unspecified atom stereocenters. The predicted molar refractivity (Wildman–Crippen MR) is 215 cm³/mol. The largest absolute Gasteiger partial charge is 0.508 e. The molecule has 0 aliphatic rings. The molecule has 0 aliphatic carbocycles. The number of phenols is 2. The van der Waals surface area contributed by atoms with Crippen LogP contribution >= 0.6 is 0 Å². The summed E-state index contributed by atoms with van der Waals surface area (Å²) in [6, 6.07) is 4.62. The first kappa shape index (κ1) is 43.7. The van der Waals surface area contributed by atoms with Gasteiger partial charge in [0.15, 0.2) is 0 Å². The normalized spacial score (nSPS) is 14.1. The second kappa shape index (κ2) is 26.6. The summed E-state index contributed by atoms with van der Waals surface area (Å²) in [7, 11) is 0. The quantitative estimate of drug-likeness (QED) is 0.0758. The molecule has 0 bridgehead atoms. The third kappa shape index (κ3) is 23.7. The molecule has 0 fully saturated rings. The maximum Gasteiger partial charge on any atom is 0.119 e. The summed E-state index contributed by atoms with van der Waals surface area (Å²) >= 11 is 0. The second-order valence-corrected chi connectivity index (χ2v) is 14.4. The average Bonchev–Trinajstić information content (AvgIpc) is 3.04. The molecular formula is C46H70O3. The van der Waals surface area contributed by atoms with E-state index < -0.39 is 0 Å². The van der Waals surface area contributed by atoms with Crippen molar-refractivity contribution in [2.24, 2.45) is 0 Å². The number of aliphatic hydroxyl groups excluding tert-OH is 1. The first-order valence-electron chi connectivity index (χ1n) is 18.8. The Hall–Kier alpha value is -3.30. The minimum absolute atomic E-state index is 0.105. The Balaban J connectivity index is 2.30. The third-order valence-corrected chi connectivity index (χ3v) is 9.08. The molecule has 3 nitrogen and oxygen atoms in total. The first-order chi connectivity index (χ1) is 23.4. The van der Waals surface area contributed by atoms with Crippen molar-refractivity contribution in [1.82, 2.24) is 0 Å². The summed E-state index contributed by atoms with van der Waals surface area (Å²) < 4.78 is 0. The highest BCUT2D eigenvalue weighted by Crippen LogP contribution is 2.24. The van der Waals surface area contributed by atoms with Crippen LogP contribution in [0, 0.1) is 0 Å². The smallest absolute Gasteiger partial charge is 0.119 e. The molecule has 0 spiro atoms. The molecule has 3 heteroatoms. The molecule has 0 amide bonds. The van der Waals surface area contributed by atoms with E-state index in [-0.39, 0.29) is 18.1 Å². The van der Waals surface area contributed by atoms with Crippen LogP contribution in [-0.4, -0.2) is 21.9 Å². The van der Waals surface area contributed by atoms with Gasteiger partial charge in [-0.1, -0.05) is 87.6 Å². The van der Waals surface area contributed by atoms with Gasteiger partial charge in [-0.3, -0.25) is 0 Å². The van der Waals surface area contributed by atoms with E-state index in [9.17, 15) is 15.3 Å². The van der Waals surface area contributed by atoms with Crippen molar-refractivity contribution >= 4 is 0 Å². The standard InChI is InChI=1S/C46H70O3/c1-36(2)16-9-17-37(3)18-10-19-38(4)20-11-21-39(5)22-12-23-40(6)24-13-25-41(7)26-14-28-43(35-47)29-15-27-42(8)30-31-44-34-45(48)32-33-46(44)49/h16,18,20,22,24,26,29-30,32-34,47-49H,9-15,17,19,21,23,25,27-28,31,35H2,1-8H3/b37-18+,38-20+,39-22+,40-24+,41-26+,42-30+,43-29-. The molecule has 0 saturated heterocycles. The zero-order valence-electron chi connectivity index (χ0n) is 32.5. The van der Waals surface area contributed by atoms with Crippen LogP contribution in [-0.2, 0) is 6.42 Å².